The zero-order valence-electron chi connectivity index (χ0n) is 10.3. The molecule has 2 aromatic rings. The summed E-state index contributed by atoms with van der Waals surface area (Å²) in [6, 6.07) is 2.58. The van der Waals surface area contributed by atoms with Crippen molar-refractivity contribution in [2.45, 2.75) is 12.4 Å². The summed E-state index contributed by atoms with van der Waals surface area (Å²) in [5, 5.41) is -0.262. The standard InChI is InChI=1S/C11H7F4NO4S/c1-5-6(12)2-3-7-10(5)8(4-9(17)16-7)20-21(18,19)11(13,14)15/h2-4H,1H3,(H,16,17). The number of H-pyrrole nitrogens is 1. The van der Waals surface area contributed by atoms with Gasteiger partial charge in [-0.05, 0) is 24.6 Å². The number of rotatable bonds is 2. The molecule has 0 atom stereocenters. The van der Waals surface area contributed by atoms with Crippen LogP contribution in [0.25, 0.3) is 10.9 Å². The number of aromatic nitrogens is 1. The van der Waals surface area contributed by atoms with Crippen LogP contribution >= 0.6 is 0 Å². The molecular weight excluding hydrogens is 318 g/mol. The van der Waals surface area contributed by atoms with Gasteiger partial charge in [0.2, 0.25) is 0 Å². The maximum Gasteiger partial charge on any atom is 0.534 e. The van der Waals surface area contributed by atoms with Gasteiger partial charge in [-0.25, -0.2) is 4.39 Å². The monoisotopic (exact) mass is 325 g/mol. The minimum atomic E-state index is -5.96. The summed E-state index contributed by atoms with van der Waals surface area (Å²) >= 11 is 0. The predicted molar refractivity (Wildman–Crippen MR) is 64.9 cm³/mol. The summed E-state index contributed by atoms with van der Waals surface area (Å²) in [4.78, 5) is 13.6. The highest BCUT2D eigenvalue weighted by atomic mass is 32.2. The van der Waals surface area contributed by atoms with Crippen LogP contribution in [0, 0.1) is 12.7 Å². The van der Waals surface area contributed by atoms with Crippen molar-refractivity contribution in [3.63, 3.8) is 0 Å². The van der Waals surface area contributed by atoms with E-state index in [9.17, 15) is 30.8 Å². The van der Waals surface area contributed by atoms with Gasteiger partial charge in [-0.15, -0.1) is 0 Å². The summed E-state index contributed by atoms with van der Waals surface area (Å²) in [7, 11) is -5.96. The van der Waals surface area contributed by atoms with Gasteiger partial charge >= 0.3 is 15.6 Å². The number of nitrogens with one attached hydrogen (secondary N) is 1. The summed E-state index contributed by atoms with van der Waals surface area (Å²) in [5.41, 5.74) is -6.76. The number of hydrogen-bond donors (Lipinski definition) is 1. The third-order valence-electron chi connectivity index (χ3n) is 2.65. The SMILES string of the molecule is Cc1c(F)ccc2[nH]c(=O)cc(OS(=O)(=O)C(F)(F)F)c12. The maximum absolute atomic E-state index is 13.5. The minimum Gasteiger partial charge on any atom is -0.375 e. The summed E-state index contributed by atoms with van der Waals surface area (Å²) in [6.07, 6.45) is 0. The van der Waals surface area contributed by atoms with Gasteiger partial charge in [-0.1, -0.05) is 0 Å². The van der Waals surface area contributed by atoms with Crippen molar-refractivity contribution in [3.8, 4) is 5.75 Å². The molecule has 1 heterocycles. The van der Waals surface area contributed by atoms with Crippen molar-refractivity contribution >= 4 is 21.0 Å². The molecule has 0 amide bonds. The predicted octanol–water partition coefficient (Wildman–Crippen LogP) is 2.20. The van der Waals surface area contributed by atoms with E-state index in [0.717, 1.165) is 12.1 Å². The fourth-order valence-electron chi connectivity index (χ4n) is 1.70. The van der Waals surface area contributed by atoms with E-state index in [2.05, 4.69) is 9.17 Å². The highest BCUT2D eigenvalue weighted by Gasteiger charge is 2.48. The van der Waals surface area contributed by atoms with E-state index in [1.54, 1.807) is 0 Å². The highest BCUT2D eigenvalue weighted by Crippen LogP contribution is 2.32. The molecule has 0 bridgehead atoms. The average molecular weight is 325 g/mol. The van der Waals surface area contributed by atoms with Crippen LogP contribution in [-0.2, 0) is 10.1 Å². The first-order chi connectivity index (χ1) is 9.53. The van der Waals surface area contributed by atoms with Crippen LogP contribution in [0.3, 0.4) is 0 Å². The van der Waals surface area contributed by atoms with E-state index < -0.39 is 32.8 Å². The van der Waals surface area contributed by atoms with Crippen LogP contribution in [0.2, 0.25) is 0 Å². The lowest BCUT2D eigenvalue weighted by atomic mass is 10.1. The Morgan fingerprint density at radius 1 is 1.24 bits per heavy atom. The summed E-state index contributed by atoms with van der Waals surface area (Å²) in [6.45, 7) is 1.21. The molecule has 5 nitrogen and oxygen atoms in total. The number of hydrogen-bond acceptors (Lipinski definition) is 4. The number of aryl methyl sites for hydroxylation is 1. The van der Waals surface area contributed by atoms with Gasteiger partial charge in [-0.2, -0.15) is 21.6 Å². The minimum absolute atomic E-state index is 0.0474. The topological polar surface area (TPSA) is 76.2 Å². The molecule has 0 saturated heterocycles. The average Bonchev–Trinajstić information content (AvgIpc) is 2.31. The van der Waals surface area contributed by atoms with Crippen molar-refractivity contribution in [2.75, 3.05) is 0 Å². The lowest BCUT2D eigenvalue weighted by molar-refractivity contribution is -0.0499. The van der Waals surface area contributed by atoms with E-state index in [-0.39, 0.29) is 16.5 Å². The van der Waals surface area contributed by atoms with Gasteiger partial charge in [0.1, 0.15) is 5.82 Å². The second kappa shape index (κ2) is 4.72. The molecule has 1 aromatic carbocycles. The lowest BCUT2D eigenvalue weighted by Crippen LogP contribution is -2.28. The third kappa shape index (κ3) is 2.71. The first-order valence-corrected chi connectivity index (χ1v) is 6.76. The van der Waals surface area contributed by atoms with E-state index in [4.69, 9.17) is 0 Å². The Labute approximate surface area is 115 Å². The molecule has 2 rings (SSSR count). The molecule has 0 aliphatic rings. The van der Waals surface area contributed by atoms with Crippen molar-refractivity contribution in [1.29, 1.82) is 0 Å². The zero-order valence-corrected chi connectivity index (χ0v) is 11.1. The summed E-state index contributed by atoms with van der Waals surface area (Å²) < 4.78 is 76.5. The van der Waals surface area contributed by atoms with Gasteiger partial charge in [0, 0.05) is 11.5 Å². The number of alkyl halides is 3. The molecule has 1 N–H and O–H groups in total. The van der Waals surface area contributed by atoms with Crippen molar-refractivity contribution in [1.82, 2.24) is 4.98 Å². The van der Waals surface area contributed by atoms with Crippen LogP contribution in [0.1, 0.15) is 5.56 Å². The van der Waals surface area contributed by atoms with Crippen LogP contribution in [0.15, 0.2) is 23.0 Å². The summed E-state index contributed by atoms with van der Waals surface area (Å²) in [5.74, 6) is -1.67. The van der Waals surface area contributed by atoms with E-state index >= 15 is 0 Å². The molecule has 10 heteroatoms. The molecule has 21 heavy (non-hydrogen) atoms. The molecular formula is C11H7F4NO4S. The Hall–Kier alpha value is -2.10. The molecule has 0 radical (unpaired) electrons. The normalized spacial score (nSPS) is 12.6. The molecule has 0 fully saturated rings. The number of fused-ring (bicyclic) bond motifs is 1. The first-order valence-electron chi connectivity index (χ1n) is 5.36. The van der Waals surface area contributed by atoms with Crippen LogP contribution in [0.4, 0.5) is 17.6 Å². The molecule has 0 aliphatic carbocycles. The van der Waals surface area contributed by atoms with E-state index in [1.165, 1.54) is 6.92 Å². The van der Waals surface area contributed by atoms with Crippen molar-refractivity contribution in [2.24, 2.45) is 0 Å². The van der Waals surface area contributed by atoms with Crippen molar-refractivity contribution in [3.05, 3.63) is 39.9 Å². The number of pyridine rings is 1. The second-order valence-corrected chi connectivity index (χ2v) is 5.61. The number of benzene rings is 1. The molecule has 0 saturated carbocycles. The Balaban J connectivity index is 2.75. The molecule has 0 spiro atoms. The maximum atomic E-state index is 13.5. The lowest BCUT2D eigenvalue weighted by Gasteiger charge is -2.12. The Morgan fingerprint density at radius 2 is 1.86 bits per heavy atom. The van der Waals surface area contributed by atoms with Crippen LogP contribution in [-0.4, -0.2) is 18.9 Å². The van der Waals surface area contributed by atoms with Crippen LogP contribution in [0.5, 0.6) is 5.75 Å². The highest BCUT2D eigenvalue weighted by molar-refractivity contribution is 7.88. The zero-order chi connectivity index (χ0) is 16.0. The first kappa shape index (κ1) is 15.3. The van der Waals surface area contributed by atoms with Gasteiger partial charge in [0.15, 0.2) is 5.75 Å². The molecule has 114 valence electrons. The third-order valence-corrected chi connectivity index (χ3v) is 3.61. The van der Waals surface area contributed by atoms with E-state index in [0.29, 0.717) is 6.07 Å². The smallest absolute Gasteiger partial charge is 0.375 e. The second-order valence-electron chi connectivity index (χ2n) is 4.08. The fraction of sp³-hybridized carbons (Fsp3) is 0.182. The van der Waals surface area contributed by atoms with Crippen molar-refractivity contribution < 1.29 is 30.2 Å². The fourth-order valence-corrected chi connectivity index (χ4v) is 2.16. The Bertz CT molecular complexity index is 870. The van der Waals surface area contributed by atoms with Gasteiger partial charge < -0.3 is 9.17 Å². The largest absolute Gasteiger partial charge is 0.534 e. The Kier molecular flexibility index (Phi) is 3.44. The Morgan fingerprint density at radius 3 is 2.43 bits per heavy atom. The molecule has 0 aliphatic heterocycles. The molecule has 1 aromatic heterocycles. The van der Waals surface area contributed by atoms with Gasteiger partial charge in [0.25, 0.3) is 5.56 Å². The van der Waals surface area contributed by atoms with Gasteiger partial charge in [0.05, 0.1) is 5.52 Å². The quantitative estimate of drug-likeness (QED) is 0.522. The van der Waals surface area contributed by atoms with E-state index in [1.807, 2.05) is 0 Å². The number of aromatic amines is 1. The molecule has 0 unspecified atom stereocenters. The number of halogens is 4. The van der Waals surface area contributed by atoms with Gasteiger partial charge in [-0.3, -0.25) is 4.79 Å². The van der Waals surface area contributed by atoms with Crippen LogP contribution < -0.4 is 9.74 Å².